The number of hydrogen-bond donors (Lipinski definition) is 1. The lowest BCUT2D eigenvalue weighted by molar-refractivity contribution is -0.134. The highest BCUT2D eigenvalue weighted by Gasteiger charge is 2.36. The smallest absolute Gasteiger partial charge is 0.239 e. The maximum Gasteiger partial charge on any atom is 0.239 e. The van der Waals surface area contributed by atoms with Crippen LogP contribution in [0.25, 0.3) is 0 Å². The van der Waals surface area contributed by atoms with Crippen LogP contribution in [-0.2, 0) is 4.79 Å². The molecule has 19 heavy (non-hydrogen) atoms. The second kappa shape index (κ2) is 8.11. The van der Waals surface area contributed by atoms with Gasteiger partial charge in [-0.2, -0.15) is 0 Å². The number of nitrogens with two attached hydrogens (primary N) is 1. The van der Waals surface area contributed by atoms with Crippen molar-refractivity contribution in [2.45, 2.75) is 76.8 Å². The second-order valence-corrected chi connectivity index (χ2v) is 6.03. The fourth-order valence-corrected chi connectivity index (χ4v) is 3.72. The molecule has 0 radical (unpaired) electrons. The molecule has 2 unspecified atom stereocenters. The molecule has 1 amide bonds. The van der Waals surface area contributed by atoms with Crippen LogP contribution in [0.2, 0.25) is 0 Å². The van der Waals surface area contributed by atoms with E-state index in [9.17, 15) is 4.79 Å². The first kappa shape index (κ1) is 16.8. The van der Waals surface area contributed by atoms with Gasteiger partial charge in [0.2, 0.25) is 5.91 Å². The Morgan fingerprint density at radius 2 is 1.89 bits per heavy atom. The molecule has 1 aliphatic heterocycles. The van der Waals surface area contributed by atoms with Crippen molar-refractivity contribution in [3.05, 3.63) is 0 Å². The van der Waals surface area contributed by atoms with Gasteiger partial charge in [0.15, 0.2) is 0 Å². The highest BCUT2D eigenvalue weighted by Crippen LogP contribution is 2.34. The van der Waals surface area contributed by atoms with Crippen LogP contribution in [0.3, 0.4) is 0 Å². The Morgan fingerprint density at radius 3 is 2.53 bits per heavy atom. The molecule has 1 heterocycles. The average molecular weight is 289 g/mol. The quantitative estimate of drug-likeness (QED) is 0.864. The first-order valence-electron chi connectivity index (χ1n) is 7.80. The Balaban J connectivity index is 0.00000180. The van der Waals surface area contributed by atoms with Gasteiger partial charge in [-0.25, -0.2) is 0 Å². The largest absolute Gasteiger partial charge is 0.338 e. The standard InChI is InChI=1S/C15H28N2O.ClH/c1-2-7-13(16)15(18)17-11-6-10-14(17)12-8-4-3-5-9-12;/h12-14H,2-11,16H2,1H3;1H. The number of rotatable bonds is 4. The van der Waals surface area contributed by atoms with Gasteiger partial charge in [-0.3, -0.25) is 4.79 Å². The number of halogens is 1. The molecule has 2 aliphatic rings. The van der Waals surface area contributed by atoms with E-state index in [1.807, 2.05) is 0 Å². The van der Waals surface area contributed by atoms with E-state index in [1.165, 1.54) is 44.9 Å². The molecule has 0 spiro atoms. The molecule has 3 nitrogen and oxygen atoms in total. The van der Waals surface area contributed by atoms with E-state index < -0.39 is 0 Å². The zero-order valence-electron chi connectivity index (χ0n) is 12.1. The predicted molar refractivity (Wildman–Crippen MR) is 81.4 cm³/mol. The van der Waals surface area contributed by atoms with Gasteiger partial charge in [0, 0.05) is 12.6 Å². The molecule has 2 atom stereocenters. The van der Waals surface area contributed by atoms with E-state index in [0.29, 0.717) is 6.04 Å². The Hall–Kier alpha value is -0.280. The van der Waals surface area contributed by atoms with Crippen LogP contribution in [0.4, 0.5) is 0 Å². The molecule has 0 aromatic rings. The van der Waals surface area contributed by atoms with Crippen molar-refractivity contribution < 1.29 is 4.79 Å². The maximum atomic E-state index is 12.4. The summed E-state index contributed by atoms with van der Waals surface area (Å²) in [5.74, 6) is 0.962. The van der Waals surface area contributed by atoms with Crippen LogP contribution in [0.1, 0.15) is 64.7 Å². The zero-order valence-corrected chi connectivity index (χ0v) is 13.0. The summed E-state index contributed by atoms with van der Waals surface area (Å²) in [5.41, 5.74) is 6.01. The molecule has 1 aliphatic carbocycles. The topological polar surface area (TPSA) is 46.3 Å². The van der Waals surface area contributed by atoms with E-state index in [4.69, 9.17) is 5.73 Å². The van der Waals surface area contributed by atoms with Gasteiger partial charge < -0.3 is 10.6 Å². The van der Waals surface area contributed by atoms with E-state index in [1.54, 1.807) is 0 Å². The predicted octanol–water partition coefficient (Wildman–Crippen LogP) is 3.11. The van der Waals surface area contributed by atoms with Crippen LogP contribution in [0.5, 0.6) is 0 Å². The van der Waals surface area contributed by atoms with Crippen molar-refractivity contribution in [2.75, 3.05) is 6.54 Å². The SMILES string of the molecule is CCCC(N)C(=O)N1CCCC1C1CCCCC1.Cl. The Bertz CT molecular complexity index is 279. The Kier molecular flexibility index (Phi) is 7.16. The van der Waals surface area contributed by atoms with Gasteiger partial charge >= 0.3 is 0 Å². The third kappa shape index (κ3) is 4.09. The molecular formula is C15H29ClN2O. The van der Waals surface area contributed by atoms with E-state index in [-0.39, 0.29) is 24.4 Å². The van der Waals surface area contributed by atoms with Gasteiger partial charge in [-0.05, 0) is 38.0 Å². The summed E-state index contributed by atoms with van der Waals surface area (Å²) in [7, 11) is 0. The second-order valence-electron chi connectivity index (χ2n) is 6.03. The molecule has 2 N–H and O–H groups in total. The minimum Gasteiger partial charge on any atom is -0.338 e. The van der Waals surface area contributed by atoms with Crippen molar-refractivity contribution in [3.63, 3.8) is 0 Å². The van der Waals surface area contributed by atoms with Crippen molar-refractivity contribution >= 4 is 18.3 Å². The number of carbonyl (C=O) groups is 1. The fraction of sp³-hybridized carbons (Fsp3) is 0.933. The van der Waals surface area contributed by atoms with E-state index in [0.717, 1.165) is 25.3 Å². The minimum absolute atomic E-state index is 0. The number of likely N-dealkylation sites (tertiary alicyclic amines) is 1. The molecular weight excluding hydrogens is 260 g/mol. The maximum absolute atomic E-state index is 12.4. The van der Waals surface area contributed by atoms with Crippen molar-refractivity contribution in [1.82, 2.24) is 4.90 Å². The minimum atomic E-state index is -0.265. The van der Waals surface area contributed by atoms with Gasteiger partial charge in [0.1, 0.15) is 0 Å². The van der Waals surface area contributed by atoms with Crippen LogP contribution in [-0.4, -0.2) is 29.4 Å². The molecule has 1 saturated carbocycles. The summed E-state index contributed by atoms with van der Waals surface area (Å²) < 4.78 is 0. The van der Waals surface area contributed by atoms with Gasteiger partial charge in [-0.1, -0.05) is 32.6 Å². The highest BCUT2D eigenvalue weighted by atomic mass is 35.5. The summed E-state index contributed by atoms with van der Waals surface area (Å²) in [4.78, 5) is 14.5. The van der Waals surface area contributed by atoms with Crippen LogP contribution in [0, 0.1) is 5.92 Å². The summed E-state index contributed by atoms with van der Waals surface area (Å²) >= 11 is 0. The third-order valence-electron chi connectivity index (χ3n) is 4.69. The molecule has 0 aromatic carbocycles. The summed E-state index contributed by atoms with van der Waals surface area (Å²) in [6.07, 6.45) is 10.9. The monoisotopic (exact) mass is 288 g/mol. The Morgan fingerprint density at radius 1 is 1.21 bits per heavy atom. The summed E-state index contributed by atoms with van der Waals surface area (Å²) in [5, 5.41) is 0. The summed E-state index contributed by atoms with van der Waals surface area (Å²) in [6, 6.07) is 0.236. The van der Waals surface area contributed by atoms with E-state index >= 15 is 0 Å². The van der Waals surface area contributed by atoms with Crippen LogP contribution in [0.15, 0.2) is 0 Å². The first-order valence-corrected chi connectivity index (χ1v) is 7.80. The van der Waals surface area contributed by atoms with Crippen LogP contribution < -0.4 is 5.73 Å². The summed E-state index contributed by atoms with van der Waals surface area (Å²) in [6.45, 7) is 3.03. The lowest BCUT2D eigenvalue weighted by atomic mass is 9.83. The zero-order chi connectivity index (χ0) is 13.0. The highest BCUT2D eigenvalue weighted by molar-refractivity contribution is 5.85. The first-order chi connectivity index (χ1) is 8.74. The average Bonchev–Trinajstić information content (AvgIpc) is 2.88. The number of carbonyl (C=O) groups excluding carboxylic acids is 1. The molecule has 0 bridgehead atoms. The van der Waals surface area contributed by atoms with Gasteiger partial charge in [0.05, 0.1) is 6.04 Å². The lowest BCUT2D eigenvalue weighted by Crippen LogP contribution is -2.48. The van der Waals surface area contributed by atoms with Gasteiger partial charge in [-0.15, -0.1) is 12.4 Å². The normalized spacial score (nSPS) is 26.0. The number of nitrogens with zero attached hydrogens (tertiary/aromatic N) is 1. The van der Waals surface area contributed by atoms with Crippen LogP contribution >= 0.6 is 12.4 Å². The molecule has 1 saturated heterocycles. The number of amides is 1. The molecule has 4 heteroatoms. The van der Waals surface area contributed by atoms with Gasteiger partial charge in [0.25, 0.3) is 0 Å². The molecule has 2 fully saturated rings. The lowest BCUT2D eigenvalue weighted by Gasteiger charge is -2.35. The third-order valence-corrected chi connectivity index (χ3v) is 4.69. The fourth-order valence-electron chi connectivity index (χ4n) is 3.72. The number of hydrogen-bond acceptors (Lipinski definition) is 2. The van der Waals surface area contributed by atoms with Crippen molar-refractivity contribution in [3.8, 4) is 0 Å². The molecule has 112 valence electrons. The Labute approximate surface area is 123 Å². The molecule has 0 aromatic heterocycles. The molecule has 2 rings (SSSR count). The van der Waals surface area contributed by atoms with E-state index in [2.05, 4.69) is 11.8 Å². The van der Waals surface area contributed by atoms with Crippen molar-refractivity contribution in [2.24, 2.45) is 11.7 Å². The van der Waals surface area contributed by atoms with Crippen molar-refractivity contribution in [1.29, 1.82) is 0 Å².